The molecule has 13 heteroatoms. The number of carbonyl (C=O) groups is 4. The van der Waals surface area contributed by atoms with Gasteiger partial charge in [0.2, 0.25) is 11.8 Å². The van der Waals surface area contributed by atoms with E-state index in [0.29, 0.717) is 19.4 Å². The van der Waals surface area contributed by atoms with Gasteiger partial charge in [0.25, 0.3) is 5.91 Å². The Morgan fingerprint density at radius 1 is 1.00 bits per heavy atom. The summed E-state index contributed by atoms with van der Waals surface area (Å²) in [5.74, 6) is -2.20. The minimum Gasteiger partial charge on any atom is -0.475 e. The molecule has 0 atom stereocenters. The fourth-order valence-electron chi connectivity index (χ4n) is 2.18. The summed E-state index contributed by atoms with van der Waals surface area (Å²) in [6, 6.07) is 0. The maximum Gasteiger partial charge on any atom is 0.414 e. The number of carboxylic acid groups (broad SMARTS) is 1. The van der Waals surface area contributed by atoms with Crippen molar-refractivity contribution in [3.8, 4) is 0 Å². The molecule has 0 fully saturated rings. The number of rotatable bonds is 7. The lowest BCUT2D eigenvalue weighted by atomic mass is 10.2. The van der Waals surface area contributed by atoms with Gasteiger partial charge in [0, 0.05) is 13.1 Å². The normalized spacial score (nSPS) is 11.2. The Morgan fingerprint density at radius 2 is 1.55 bits per heavy atom. The number of unbranched alkanes of at least 4 members (excludes halogenated alkanes) is 1. The molecule has 0 aliphatic rings. The van der Waals surface area contributed by atoms with Crippen LogP contribution in [0.4, 0.5) is 9.59 Å². The second kappa shape index (κ2) is 11.8. The average molecular weight is 469 g/mol. The summed E-state index contributed by atoms with van der Waals surface area (Å²) >= 11 is 0. The summed E-state index contributed by atoms with van der Waals surface area (Å²) in [6.45, 7) is 10.7. The first-order valence-electron chi connectivity index (χ1n) is 10.3. The Labute approximate surface area is 191 Å². The molecule has 13 nitrogen and oxygen atoms in total. The Balaban J connectivity index is 2.56. The van der Waals surface area contributed by atoms with E-state index in [1.165, 1.54) is 0 Å². The maximum atomic E-state index is 12.0. The molecule has 1 heterocycles. The lowest BCUT2D eigenvalue weighted by molar-refractivity contribution is 0.0542. The van der Waals surface area contributed by atoms with Gasteiger partial charge < -0.3 is 24.9 Å². The Morgan fingerprint density at radius 3 is 2.00 bits per heavy atom. The van der Waals surface area contributed by atoms with E-state index >= 15 is 0 Å². The quantitative estimate of drug-likeness (QED) is 0.228. The molecule has 0 unspecified atom stereocenters. The number of hydrogen-bond acceptors (Lipinski definition) is 8. The number of carbonyl (C=O) groups excluding carboxylic acids is 3. The van der Waals surface area contributed by atoms with Crippen LogP contribution in [0.1, 0.15) is 75.5 Å². The van der Waals surface area contributed by atoms with E-state index in [4.69, 9.17) is 14.6 Å². The second-order valence-corrected chi connectivity index (χ2v) is 8.90. The van der Waals surface area contributed by atoms with Crippen LogP contribution in [0.25, 0.3) is 0 Å². The molecular formula is C20H32N6O7. The third-order valence-electron chi connectivity index (χ3n) is 3.40. The minimum atomic E-state index is -1.26. The van der Waals surface area contributed by atoms with Crippen molar-refractivity contribution in [3.05, 3.63) is 17.7 Å². The van der Waals surface area contributed by atoms with Gasteiger partial charge >= 0.3 is 18.2 Å². The zero-order valence-corrected chi connectivity index (χ0v) is 19.7. The number of aromatic amines is 1. The number of amides is 3. The molecule has 5 N–H and O–H groups in total. The summed E-state index contributed by atoms with van der Waals surface area (Å²) in [5, 5.41) is 16.2. The number of aliphatic imine (C=N–C) groups is 1. The van der Waals surface area contributed by atoms with E-state index < -0.39 is 35.3 Å². The molecule has 0 aliphatic heterocycles. The minimum absolute atomic E-state index is 0.0378. The largest absolute Gasteiger partial charge is 0.475 e. The molecule has 0 saturated heterocycles. The summed E-state index contributed by atoms with van der Waals surface area (Å²) < 4.78 is 10.3. The van der Waals surface area contributed by atoms with Crippen LogP contribution in [-0.2, 0) is 9.47 Å². The molecule has 33 heavy (non-hydrogen) atoms. The number of nitrogens with zero attached hydrogens (tertiary/aromatic N) is 2. The van der Waals surface area contributed by atoms with E-state index in [1.807, 2.05) is 0 Å². The average Bonchev–Trinajstić information content (AvgIpc) is 3.11. The molecule has 1 aromatic heterocycles. The third kappa shape index (κ3) is 12.1. The number of aromatic carboxylic acids is 1. The van der Waals surface area contributed by atoms with Gasteiger partial charge in [-0.25, -0.2) is 19.4 Å². The number of aromatic nitrogens is 2. The Kier molecular flexibility index (Phi) is 9.82. The van der Waals surface area contributed by atoms with Gasteiger partial charge in [-0.05, 0) is 54.4 Å². The van der Waals surface area contributed by atoms with Gasteiger partial charge in [-0.3, -0.25) is 20.4 Å². The standard InChI is InChI=1S/C20H32N6O7/c1-19(2,3)32-17(30)25-16(26-18(31)33-20(4,5)6)22-10-8-7-9-21-14(27)12-11-23-13(24-12)15(28)29/h11H,7-10H2,1-6H3,(H,21,27)(H,23,24)(H,28,29)(H2,22,25,26,30,31). The summed E-state index contributed by atoms with van der Waals surface area (Å²) in [5.41, 5.74) is -1.44. The molecule has 184 valence electrons. The van der Waals surface area contributed by atoms with Crippen LogP contribution in [-0.4, -0.2) is 69.4 Å². The van der Waals surface area contributed by atoms with Crippen molar-refractivity contribution in [2.24, 2.45) is 4.99 Å². The number of guanidine groups is 1. The fraction of sp³-hybridized carbons (Fsp3) is 0.600. The lowest BCUT2D eigenvalue weighted by Gasteiger charge is -2.22. The first kappa shape index (κ1) is 27.4. The lowest BCUT2D eigenvalue weighted by Crippen LogP contribution is -2.47. The third-order valence-corrected chi connectivity index (χ3v) is 3.40. The summed E-state index contributed by atoms with van der Waals surface area (Å²) in [4.78, 5) is 56.9. The van der Waals surface area contributed by atoms with Gasteiger partial charge in [0.1, 0.15) is 16.9 Å². The van der Waals surface area contributed by atoms with Gasteiger partial charge in [-0.1, -0.05) is 0 Å². The predicted octanol–water partition coefficient (Wildman–Crippen LogP) is 2.02. The van der Waals surface area contributed by atoms with E-state index in [1.54, 1.807) is 41.5 Å². The number of carboxylic acids is 1. The Hall–Kier alpha value is -3.64. The highest BCUT2D eigenvalue weighted by Gasteiger charge is 2.21. The number of alkyl carbamates (subject to hydrolysis) is 2. The topological polar surface area (TPSA) is 184 Å². The highest BCUT2D eigenvalue weighted by Crippen LogP contribution is 2.07. The first-order valence-corrected chi connectivity index (χ1v) is 10.3. The number of nitrogens with one attached hydrogen (secondary N) is 4. The van der Waals surface area contributed by atoms with Crippen LogP contribution in [0.3, 0.4) is 0 Å². The highest BCUT2D eigenvalue weighted by atomic mass is 16.6. The molecule has 0 radical (unpaired) electrons. The number of H-pyrrole nitrogens is 1. The SMILES string of the molecule is CC(C)(C)OC(=O)NC(=NCCCCNC(=O)c1cnc(C(=O)O)[nH]1)NC(=O)OC(C)(C)C. The highest BCUT2D eigenvalue weighted by molar-refractivity contribution is 6.01. The van der Waals surface area contributed by atoms with E-state index in [-0.39, 0.29) is 24.0 Å². The van der Waals surface area contributed by atoms with Crippen molar-refractivity contribution >= 4 is 30.0 Å². The van der Waals surface area contributed by atoms with Crippen molar-refractivity contribution in [2.45, 2.75) is 65.6 Å². The molecule has 0 saturated carbocycles. The zero-order valence-electron chi connectivity index (χ0n) is 19.7. The van der Waals surface area contributed by atoms with E-state index in [0.717, 1.165) is 6.20 Å². The van der Waals surface area contributed by atoms with Crippen molar-refractivity contribution < 1.29 is 33.8 Å². The van der Waals surface area contributed by atoms with Gasteiger partial charge in [0.15, 0.2) is 0 Å². The Bertz CT molecular complexity index is 848. The smallest absolute Gasteiger partial charge is 0.414 e. The molecule has 1 rings (SSSR count). The number of ether oxygens (including phenoxy) is 2. The van der Waals surface area contributed by atoms with Gasteiger partial charge in [-0.15, -0.1) is 0 Å². The summed E-state index contributed by atoms with van der Waals surface area (Å²) in [6.07, 6.45) is 0.607. The first-order chi connectivity index (χ1) is 15.2. The van der Waals surface area contributed by atoms with Crippen LogP contribution < -0.4 is 16.0 Å². The monoisotopic (exact) mass is 468 g/mol. The van der Waals surface area contributed by atoms with Crippen molar-refractivity contribution in [2.75, 3.05) is 13.1 Å². The van der Waals surface area contributed by atoms with Crippen molar-refractivity contribution in [3.63, 3.8) is 0 Å². The molecule has 0 bridgehead atoms. The van der Waals surface area contributed by atoms with Crippen LogP contribution in [0, 0.1) is 0 Å². The zero-order chi connectivity index (χ0) is 25.2. The number of imidazole rings is 1. The molecule has 3 amide bonds. The predicted molar refractivity (Wildman–Crippen MR) is 118 cm³/mol. The molecule has 0 aromatic carbocycles. The molecule has 1 aromatic rings. The second-order valence-electron chi connectivity index (χ2n) is 8.90. The van der Waals surface area contributed by atoms with Gasteiger partial charge in [-0.2, -0.15) is 0 Å². The molecule has 0 aliphatic carbocycles. The van der Waals surface area contributed by atoms with Crippen LogP contribution in [0.15, 0.2) is 11.2 Å². The van der Waals surface area contributed by atoms with Crippen molar-refractivity contribution in [1.82, 2.24) is 25.9 Å². The molecule has 0 spiro atoms. The maximum absolute atomic E-state index is 12.0. The van der Waals surface area contributed by atoms with Crippen LogP contribution in [0.2, 0.25) is 0 Å². The molecular weight excluding hydrogens is 436 g/mol. The van der Waals surface area contributed by atoms with E-state index in [9.17, 15) is 19.2 Å². The summed E-state index contributed by atoms with van der Waals surface area (Å²) in [7, 11) is 0. The van der Waals surface area contributed by atoms with Crippen LogP contribution in [0.5, 0.6) is 0 Å². The van der Waals surface area contributed by atoms with Gasteiger partial charge in [0.05, 0.1) is 6.20 Å². The fourth-order valence-corrected chi connectivity index (χ4v) is 2.18. The van der Waals surface area contributed by atoms with E-state index in [2.05, 4.69) is 30.9 Å². The van der Waals surface area contributed by atoms with Crippen LogP contribution >= 0.6 is 0 Å². The van der Waals surface area contributed by atoms with Crippen molar-refractivity contribution in [1.29, 1.82) is 0 Å². The number of hydrogen-bond donors (Lipinski definition) is 5.